The molecule has 2 aliphatic heterocycles. The third kappa shape index (κ3) is 4.89. The number of phenolic OH excluding ortho intramolecular Hbond substituents is 3. The van der Waals surface area contributed by atoms with Gasteiger partial charge in [0.2, 0.25) is 0 Å². The molecular formula is C26H28O14. The lowest BCUT2D eigenvalue weighted by atomic mass is 9.89. The van der Waals surface area contributed by atoms with Gasteiger partial charge in [-0.2, -0.15) is 0 Å². The van der Waals surface area contributed by atoms with E-state index in [1.807, 2.05) is 0 Å². The van der Waals surface area contributed by atoms with E-state index >= 15 is 0 Å². The van der Waals surface area contributed by atoms with Crippen molar-refractivity contribution in [3.63, 3.8) is 0 Å². The highest BCUT2D eigenvalue weighted by Crippen LogP contribution is 2.45. The molecule has 0 unspecified atom stereocenters. The smallest absolute Gasteiger partial charge is 0.197 e. The maximum absolute atomic E-state index is 13.1. The van der Waals surface area contributed by atoms with Gasteiger partial charge in [-0.1, -0.05) is 0 Å². The highest BCUT2D eigenvalue weighted by molar-refractivity contribution is 5.89. The molecule has 0 amide bonds. The molecule has 2 aliphatic rings. The SMILES string of the molecule is O=c1cc(-c2ccc(O)cc2)oc2c([C@@H]3O[C@H](CO)[C@@H](O)[C@H](O)[C@H]3O[C@H]3OC[C@H](O)[C@@H](O)[C@H]3O)c(O)cc(O)c12. The van der Waals surface area contributed by atoms with Crippen LogP contribution in [0.5, 0.6) is 17.2 Å². The fourth-order valence-electron chi connectivity index (χ4n) is 4.89. The molecule has 0 radical (unpaired) electrons. The van der Waals surface area contributed by atoms with Crippen LogP contribution in [-0.2, 0) is 14.2 Å². The predicted molar refractivity (Wildman–Crippen MR) is 132 cm³/mol. The van der Waals surface area contributed by atoms with Crippen LogP contribution in [0, 0.1) is 0 Å². The summed E-state index contributed by atoms with van der Waals surface area (Å²) < 4.78 is 22.7. The van der Waals surface area contributed by atoms with Crippen LogP contribution in [0.3, 0.4) is 0 Å². The Kier molecular flexibility index (Phi) is 7.71. The molecule has 40 heavy (non-hydrogen) atoms. The van der Waals surface area contributed by atoms with Crippen molar-refractivity contribution in [2.45, 2.75) is 55.1 Å². The van der Waals surface area contributed by atoms with E-state index in [1.165, 1.54) is 24.3 Å². The van der Waals surface area contributed by atoms with Crippen LogP contribution in [0.15, 0.2) is 45.6 Å². The second-order valence-corrected chi connectivity index (χ2v) is 9.66. The number of rotatable bonds is 5. The number of fused-ring (bicyclic) bond motifs is 1. The first-order chi connectivity index (χ1) is 19.0. The summed E-state index contributed by atoms with van der Waals surface area (Å²) in [4.78, 5) is 13.1. The molecule has 1 aromatic heterocycles. The number of hydrogen-bond acceptors (Lipinski definition) is 14. The molecule has 216 valence electrons. The van der Waals surface area contributed by atoms with Crippen LogP contribution < -0.4 is 5.43 Å². The molecule has 0 aliphatic carbocycles. The molecule has 9 N–H and O–H groups in total. The van der Waals surface area contributed by atoms with Crippen LogP contribution >= 0.6 is 0 Å². The molecule has 3 aromatic rings. The Labute approximate surface area is 225 Å². The van der Waals surface area contributed by atoms with Crippen molar-refractivity contribution in [2.75, 3.05) is 13.2 Å². The highest BCUT2D eigenvalue weighted by Gasteiger charge is 2.50. The van der Waals surface area contributed by atoms with E-state index in [1.54, 1.807) is 0 Å². The van der Waals surface area contributed by atoms with Crippen molar-refractivity contribution in [1.29, 1.82) is 0 Å². The van der Waals surface area contributed by atoms with Crippen molar-refractivity contribution in [2.24, 2.45) is 0 Å². The first kappa shape index (κ1) is 28.2. The number of hydrogen-bond donors (Lipinski definition) is 9. The maximum atomic E-state index is 13.1. The monoisotopic (exact) mass is 564 g/mol. The van der Waals surface area contributed by atoms with Crippen LogP contribution in [0.1, 0.15) is 11.7 Å². The van der Waals surface area contributed by atoms with E-state index in [4.69, 9.17) is 18.6 Å². The zero-order valence-electron chi connectivity index (χ0n) is 20.6. The summed E-state index contributed by atoms with van der Waals surface area (Å²) in [6.45, 7) is -1.23. The summed E-state index contributed by atoms with van der Waals surface area (Å²) in [6.07, 6.45) is -14.8. The van der Waals surface area contributed by atoms with Crippen molar-refractivity contribution < 1.29 is 64.6 Å². The Bertz CT molecular complexity index is 1420. The lowest BCUT2D eigenvalue weighted by Crippen LogP contribution is -2.60. The number of phenols is 3. The van der Waals surface area contributed by atoms with Gasteiger partial charge in [-0.25, -0.2) is 0 Å². The van der Waals surface area contributed by atoms with Gasteiger partial charge in [0.05, 0.1) is 18.8 Å². The van der Waals surface area contributed by atoms with E-state index < -0.39 is 85.3 Å². The molecule has 2 saturated heterocycles. The molecule has 0 spiro atoms. The Hall–Kier alpha value is -3.31. The molecule has 0 bridgehead atoms. The van der Waals surface area contributed by atoms with E-state index in [-0.39, 0.29) is 28.0 Å². The number of aliphatic hydroxyl groups is 6. The summed E-state index contributed by atoms with van der Waals surface area (Å²) in [5.41, 5.74) is -1.07. The minimum Gasteiger partial charge on any atom is -0.508 e. The van der Waals surface area contributed by atoms with Crippen molar-refractivity contribution >= 4 is 11.0 Å². The van der Waals surface area contributed by atoms with Gasteiger partial charge in [0, 0.05) is 17.7 Å². The molecule has 0 saturated carbocycles. The molecule has 9 atom stereocenters. The van der Waals surface area contributed by atoms with Gasteiger partial charge in [0.15, 0.2) is 17.3 Å². The predicted octanol–water partition coefficient (Wildman–Crippen LogP) is -1.45. The van der Waals surface area contributed by atoms with Gasteiger partial charge < -0.3 is 64.6 Å². The molecule has 3 heterocycles. The molecule has 14 heteroatoms. The molecule has 2 aromatic carbocycles. The first-order valence-corrected chi connectivity index (χ1v) is 12.3. The minimum absolute atomic E-state index is 0.0283. The van der Waals surface area contributed by atoms with Crippen LogP contribution in [0.25, 0.3) is 22.3 Å². The van der Waals surface area contributed by atoms with E-state index in [9.17, 15) is 50.8 Å². The summed E-state index contributed by atoms with van der Waals surface area (Å²) >= 11 is 0. The molecule has 5 rings (SSSR count). The number of ether oxygens (including phenoxy) is 3. The number of aromatic hydroxyl groups is 3. The van der Waals surface area contributed by atoms with Crippen LogP contribution in [0.2, 0.25) is 0 Å². The Morgan fingerprint density at radius 2 is 1.57 bits per heavy atom. The van der Waals surface area contributed by atoms with Crippen molar-refractivity contribution in [1.82, 2.24) is 0 Å². The Morgan fingerprint density at radius 1 is 0.875 bits per heavy atom. The zero-order chi connectivity index (χ0) is 28.9. The lowest BCUT2D eigenvalue weighted by molar-refractivity contribution is -0.325. The van der Waals surface area contributed by atoms with Gasteiger partial charge >= 0.3 is 0 Å². The van der Waals surface area contributed by atoms with Gasteiger partial charge in [-0.15, -0.1) is 0 Å². The quantitative estimate of drug-likeness (QED) is 0.172. The summed E-state index contributed by atoms with van der Waals surface area (Å²) in [7, 11) is 0. The highest BCUT2D eigenvalue weighted by atomic mass is 16.7. The van der Waals surface area contributed by atoms with E-state index in [0.29, 0.717) is 5.56 Å². The van der Waals surface area contributed by atoms with Crippen LogP contribution in [-0.4, -0.2) is 108 Å². The third-order valence-electron chi connectivity index (χ3n) is 7.05. The van der Waals surface area contributed by atoms with Gasteiger partial charge in [-0.05, 0) is 24.3 Å². The Morgan fingerprint density at radius 3 is 2.25 bits per heavy atom. The molecule has 14 nitrogen and oxygen atoms in total. The van der Waals surface area contributed by atoms with Crippen LogP contribution in [0.4, 0.5) is 0 Å². The maximum Gasteiger partial charge on any atom is 0.197 e. The summed E-state index contributed by atoms with van der Waals surface area (Å²) in [5, 5.41) is 92.2. The minimum atomic E-state index is -1.84. The topological polar surface area (TPSA) is 240 Å². The molecule has 2 fully saturated rings. The average molecular weight is 564 g/mol. The van der Waals surface area contributed by atoms with Crippen molar-refractivity contribution in [3.05, 3.63) is 52.2 Å². The van der Waals surface area contributed by atoms with Crippen molar-refractivity contribution in [3.8, 4) is 28.6 Å². The Balaban J connectivity index is 1.66. The largest absolute Gasteiger partial charge is 0.508 e. The van der Waals surface area contributed by atoms with Gasteiger partial charge in [-0.3, -0.25) is 4.79 Å². The van der Waals surface area contributed by atoms with Gasteiger partial charge in [0.25, 0.3) is 0 Å². The standard InChI is InChI=1S/C26H28O14/c27-7-16-20(34)21(35)25(40-26-22(36)19(33)14(32)8-37-26)24(39-16)18-12(30)5-11(29)17-13(31)6-15(38-23(17)18)9-1-3-10(28)4-2-9/h1-6,14,16,19-22,24-30,32-36H,7-8H2/t14-,16+,19+,20+,21-,22+,24-,25+,26+/m0/s1. The first-order valence-electron chi connectivity index (χ1n) is 12.3. The van der Waals surface area contributed by atoms with E-state index in [2.05, 4.69) is 0 Å². The summed E-state index contributed by atoms with van der Waals surface area (Å²) in [6, 6.07) is 7.52. The lowest BCUT2D eigenvalue weighted by Gasteiger charge is -2.45. The fraction of sp³-hybridized carbons (Fsp3) is 0.423. The zero-order valence-corrected chi connectivity index (χ0v) is 20.6. The summed E-state index contributed by atoms with van der Waals surface area (Å²) in [5.74, 6) is -1.39. The number of aliphatic hydroxyl groups excluding tert-OH is 6. The third-order valence-corrected chi connectivity index (χ3v) is 7.05. The second kappa shape index (κ2) is 10.9. The van der Waals surface area contributed by atoms with Gasteiger partial charge in [0.1, 0.15) is 77.2 Å². The average Bonchev–Trinajstić information content (AvgIpc) is 2.92. The normalized spacial score (nSPS) is 32.8. The molecular weight excluding hydrogens is 536 g/mol. The fourth-order valence-corrected chi connectivity index (χ4v) is 4.89. The number of benzene rings is 2. The van der Waals surface area contributed by atoms with E-state index in [0.717, 1.165) is 12.1 Å². The second-order valence-electron chi connectivity index (χ2n) is 9.66.